The normalized spacial score (nSPS) is 9.08. The van der Waals surface area contributed by atoms with Gasteiger partial charge < -0.3 is 5.32 Å². The van der Waals surface area contributed by atoms with Crippen molar-refractivity contribution in [3.63, 3.8) is 0 Å². The van der Waals surface area contributed by atoms with Gasteiger partial charge in [-0.2, -0.15) is 4.98 Å². The largest absolute Gasteiger partial charge is 0.358 e. The number of rotatable bonds is 2. The van der Waals surface area contributed by atoms with Crippen molar-refractivity contribution in [3.05, 3.63) is 16.0 Å². The van der Waals surface area contributed by atoms with Crippen LogP contribution in [0.3, 0.4) is 0 Å². The summed E-state index contributed by atoms with van der Waals surface area (Å²) < 4.78 is 0.738. The summed E-state index contributed by atoms with van der Waals surface area (Å²) in [6, 6.07) is 0. The zero-order chi connectivity index (χ0) is 8.97. The molecule has 0 atom stereocenters. The van der Waals surface area contributed by atoms with E-state index in [9.17, 15) is 0 Å². The van der Waals surface area contributed by atoms with Crippen molar-refractivity contribution in [3.8, 4) is 12.3 Å². The van der Waals surface area contributed by atoms with Crippen LogP contribution in [0.25, 0.3) is 0 Å². The topological polar surface area (TPSA) is 37.8 Å². The molecule has 0 fully saturated rings. The number of hydrogen-bond acceptors (Lipinski definition) is 3. The van der Waals surface area contributed by atoms with Crippen molar-refractivity contribution >= 4 is 33.3 Å². The number of halogens is 2. The molecule has 1 rings (SSSR count). The third kappa shape index (κ3) is 2.36. The van der Waals surface area contributed by atoms with E-state index in [4.69, 9.17) is 18.0 Å². The van der Waals surface area contributed by atoms with Crippen LogP contribution in [-0.2, 0) is 0 Å². The lowest BCUT2D eigenvalue weighted by atomic mass is 10.5. The highest BCUT2D eigenvalue weighted by Gasteiger charge is 2.01. The maximum atomic E-state index is 5.56. The Morgan fingerprint density at radius 2 is 2.50 bits per heavy atom. The van der Waals surface area contributed by atoms with Gasteiger partial charge in [0.15, 0.2) is 0 Å². The molecule has 0 radical (unpaired) electrons. The summed E-state index contributed by atoms with van der Waals surface area (Å²) in [5, 5.41) is 3.08. The molecule has 1 heterocycles. The zero-order valence-corrected chi connectivity index (χ0v) is 8.35. The van der Waals surface area contributed by atoms with Crippen LogP contribution >= 0.6 is 27.5 Å². The second kappa shape index (κ2) is 4.29. The van der Waals surface area contributed by atoms with Crippen LogP contribution in [0.5, 0.6) is 0 Å². The highest BCUT2D eigenvalue weighted by atomic mass is 79.9. The minimum absolute atomic E-state index is 0.192. The molecule has 0 amide bonds. The van der Waals surface area contributed by atoms with Crippen LogP contribution in [0.4, 0.5) is 5.82 Å². The first-order valence-corrected chi connectivity index (χ1v) is 4.26. The molecule has 3 nitrogen and oxygen atoms in total. The van der Waals surface area contributed by atoms with Crippen molar-refractivity contribution in [1.82, 2.24) is 9.97 Å². The highest BCUT2D eigenvalue weighted by Crippen LogP contribution is 2.19. The van der Waals surface area contributed by atoms with Crippen LogP contribution in [0, 0.1) is 12.3 Å². The molecular formula is C7H5BrClN3. The van der Waals surface area contributed by atoms with Gasteiger partial charge in [-0.15, -0.1) is 6.42 Å². The Balaban J connectivity index is 2.84. The molecular weight excluding hydrogens is 241 g/mol. The van der Waals surface area contributed by atoms with Crippen LogP contribution in [-0.4, -0.2) is 16.5 Å². The van der Waals surface area contributed by atoms with E-state index in [0.717, 1.165) is 4.47 Å². The van der Waals surface area contributed by atoms with E-state index >= 15 is 0 Å². The second-order valence-electron chi connectivity index (χ2n) is 1.89. The Hall–Kier alpha value is -0.790. The number of nitrogens with one attached hydrogen (secondary N) is 1. The summed E-state index contributed by atoms with van der Waals surface area (Å²) in [5.41, 5.74) is 0. The van der Waals surface area contributed by atoms with Gasteiger partial charge >= 0.3 is 0 Å². The first kappa shape index (κ1) is 9.30. The van der Waals surface area contributed by atoms with Gasteiger partial charge in [-0.25, -0.2) is 4.98 Å². The quantitative estimate of drug-likeness (QED) is 0.640. The third-order valence-electron chi connectivity index (χ3n) is 1.07. The van der Waals surface area contributed by atoms with Gasteiger partial charge in [0, 0.05) is 6.20 Å². The molecule has 1 aromatic heterocycles. The van der Waals surface area contributed by atoms with E-state index < -0.39 is 0 Å². The average molecular weight is 246 g/mol. The smallest absolute Gasteiger partial charge is 0.224 e. The Morgan fingerprint density at radius 1 is 1.75 bits per heavy atom. The Morgan fingerprint density at radius 3 is 3.17 bits per heavy atom. The van der Waals surface area contributed by atoms with Gasteiger partial charge in [0.25, 0.3) is 0 Å². The van der Waals surface area contributed by atoms with Crippen molar-refractivity contribution in [2.75, 3.05) is 11.9 Å². The zero-order valence-electron chi connectivity index (χ0n) is 6.01. The Labute approximate surface area is 83.7 Å². The molecule has 0 aliphatic heterocycles. The molecule has 1 aromatic rings. The fourth-order valence-corrected chi connectivity index (χ4v) is 1.07. The highest BCUT2D eigenvalue weighted by molar-refractivity contribution is 9.10. The average Bonchev–Trinajstić information content (AvgIpc) is 2.07. The van der Waals surface area contributed by atoms with Crippen molar-refractivity contribution in [2.45, 2.75) is 0 Å². The van der Waals surface area contributed by atoms with Crippen molar-refractivity contribution < 1.29 is 0 Å². The summed E-state index contributed by atoms with van der Waals surface area (Å²) in [6.45, 7) is 0.409. The molecule has 0 saturated carbocycles. The fraction of sp³-hybridized carbons (Fsp3) is 0.143. The summed E-state index contributed by atoms with van der Waals surface area (Å²) in [6.07, 6.45) is 6.62. The SMILES string of the molecule is C#CCNc1nc(Cl)ncc1Br. The van der Waals surface area contributed by atoms with E-state index in [-0.39, 0.29) is 5.28 Å². The first-order valence-electron chi connectivity index (χ1n) is 3.09. The van der Waals surface area contributed by atoms with E-state index in [1.165, 1.54) is 0 Å². The minimum atomic E-state index is 0.192. The van der Waals surface area contributed by atoms with Crippen LogP contribution < -0.4 is 5.32 Å². The molecule has 0 aliphatic carbocycles. The predicted octanol–water partition coefficient (Wildman–Crippen LogP) is 1.94. The van der Waals surface area contributed by atoms with Crippen LogP contribution in [0.1, 0.15) is 0 Å². The van der Waals surface area contributed by atoms with Gasteiger partial charge in [0.2, 0.25) is 5.28 Å². The number of nitrogens with zero attached hydrogens (tertiary/aromatic N) is 2. The van der Waals surface area contributed by atoms with E-state index in [1.807, 2.05) is 0 Å². The number of anilines is 1. The molecule has 0 unspecified atom stereocenters. The lowest BCUT2D eigenvalue weighted by Gasteiger charge is -2.02. The minimum Gasteiger partial charge on any atom is -0.358 e. The molecule has 1 N–H and O–H groups in total. The number of hydrogen-bond donors (Lipinski definition) is 1. The first-order chi connectivity index (χ1) is 5.74. The molecule has 0 spiro atoms. The predicted molar refractivity (Wildman–Crippen MR) is 52.1 cm³/mol. The van der Waals surface area contributed by atoms with Crippen LogP contribution in [0.2, 0.25) is 5.28 Å². The molecule has 0 bridgehead atoms. The van der Waals surface area contributed by atoms with Crippen LogP contribution in [0.15, 0.2) is 10.7 Å². The monoisotopic (exact) mass is 245 g/mol. The summed E-state index contributed by atoms with van der Waals surface area (Å²) >= 11 is 8.81. The van der Waals surface area contributed by atoms with E-state index in [2.05, 4.69) is 37.1 Å². The molecule has 0 aromatic carbocycles. The Kier molecular flexibility index (Phi) is 3.32. The van der Waals surface area contributed by atoms with Gasteiger partial charge in [-0.3, -0.25) is 0 Å². The number of aromatic nitrogens is 2. The summed E-state index contributed by atoms with van der Waals surface area (Å²) in [7, 11) is 0. The third-order valence-corrected chi connectivity index (χ3v) is 1.84. The Bertz CT molecular complexity index is 321. The van der Waals surface area contributed by atoms with E-state index in [1.54, 1.807) is 6.20 Å². The molecule has 5 heteroatoms. The summed E-state index contributed by atoms with van der Waals surface area (Å²) in [5.74, 6) is 3.03. The molecule has 12 heavy (non-hydrogen) atoms. The van der Waals surface area contributed by atoms with Gasteiger partial charge in [0.05, 0.1) is 11.0 Å². The summed E-state index contributed by atoms with van der Waals surface area (Å²) in [4.78, 5) is 7.67. The molecule has 62 valence electrons. The van der Waals surface area contributed by atoms with Gasteiger partial charge in [-0.1, -0.05) is 5.92 Å². The van der Waals surface area contributed by atoms with Crippen molar-refractivity contribution in [1.29, 1.82) is 0 Å². The lowest BCUT2D eigenvalue weighted by molar-refractivity contribution is 1.13. The maximum Gasteiger partial charge on any atom is 0.224 e. The second-order valence-corrected chi connectivity index (χ2v) is 3.09. The standard InChI is InChI=1S/C7H5BrClN3/c1-2-3-10-6-5(8)4-11-7(9)12-6/h1,4H,3H2,(H,10,11,12). The lowest BCUT2D eigenvalue weighted by Crippen LogP contribution is -2.02. The van der Waals surface area contributed by atoms with Crippen molar-refractivity contribution in [2.24, 2.45) is 0 Å². The van der Waals surface area contributed by atoms with Gasteiger partial charge in [-0.05, 0) is 27.5 Å². The molecule has 0 saturated heterocycles. The fourth-order valence-electron chi connectivity index (χ4n) is 0.604. The maximum absolute atomic E-state index is 5.56. The van der Waals surface area contributed by atoms with E-state index in [0.29, 0.717) is 12.4 Å². The molecule has 0 aliphatic rings. The van der Waals surface area contributed by atoms with Gasteiger partial charge in [0.1, 0.15) is 5.82 Å². The number of terminal acetylenes is 1.